The van der Waals surface area contributed by atoms with Crippen LogP contribution in [0, 0.1) is 23.0 Å². The van der Waals surface area contributed by atoms with Crippen LogP contribution in [0.15, 0.2) is 42.5 Å². The van der Waals surface area contributed by atoms with Gasteiger partial charge in [0.1, 0.15) is 30.1 Å². The maximum Gasteiger partial charge on any atom is 0.165 e. The molecule has 0 saturated carbocycles. The van der Waals surface area contributed by atoms with Gasteiger partial charge in [0.15, 0.2) is 11.6 Å². The Kier molecular flexibility index (Phi) is 7.11. The Hall–Kier alpha value is -3.74. The first-order valence-corrected chi connectivity index (χ1v) is 11.7. The second kappa shape index (κ2) is 10.1. The van der Waals surface area contributed by atoms with Crippen molar-refractivity contribution in [1.29, 1.82) is 5.26 Å². The van der Waals surface area contributed by atoms with Crippen molar-refractivity contribution in [3.63, 3.8) is 0 Å². The van der Waals surface area contributed by atoms with Crippen LogP contribution >= 0.6 is 0 Å². The Balaban J connectivity index is 1.81. The number of halogens is 2. The van der Waals surface area contributed by atoms with Crippen molar-refractivity contribution in [1.82, 2.24) is 4.98 Å². The molecule has 1 saturated heterocycles. The van der Waals surface area contributed by atoms with Gasteiger partial charge >= 0.3 is 0 Å². The number of aromatic nitrogens is 1. The molecule has 2 heterocycles. The van der Waals surface area contributed by atoms with E-state index in [4.69, 9.17) is 20.7 Å². The average Bonchev–Trinajstić information content (AvgIpc) is 2.82. The van der Waals surface area contributed by atoms with Crippen LogP contribution in [0.3, 0.4) is 0 Å². The maximum atomic E-state index is 14.9. The monoisotopic (exact) mass is 494 g/mol. The van der Waals surface area contributed by atoms with Gasteiger partial charge in [0.25, 0.3) is 0 Å². The van der Waals surface area contributed by atoms with Crippen molar-refractivity contribution < 1.29 is 23.7 Å². The normalized spacial score (nSPS) is 14.5. The van der Waals surface area contributed by atoms with Crippen molar-refractivity contribution in [2.24, 2.45) is 5.73 Å². The highest BCUT2D eigenvalue weighted by Crippen LogP contribution is 2.41. The molecule has 1 aliphatic rings. The van der Waals surface area contributed by atoms with Gasteiger partial charge in [-0.2, -0.15) is 5.26 Å². The summed E-state index contributed by atoms with van der Waals surface area (Å²) < 4.78 is 34.8. The summed E-state index contributed by atoms with van der Waals surface area (Å²) in [6.45, 7) is 4.28. The van der Waals surface area contributed by atoms with Gasteiger partial charge < -0.3 is 25.6 Å². The molecule has 0 unspecified atom stereocenters. The van der Waals surface area contributed by atoms with Crippen molar-refractivity contribution >= 4 is 5.82 Å². The van der Waals surface area contributed by atoms with Gasteiger partial charge in [0.05, 0.1) is 22.4 Å². The number of hydrogen-bond donors (Lipinski definition) is 3. The zero-order chi connectivity index (χ0) is 26.0. The highest BCUT2D eigenvalue weighted by atomic mass is 19.1. The Morgan fingerprint density at radius 2 is 1.78 bits per heavy atom. The van der Waals surface area contributed by atoms with Crippen LogP contribution in [0.4, 0.5) is 14.6 Å². The molecule has 0 atom stereocenters. The second-order valence-corrected chi connectivity index (χ2v) is 9.60. The number of piperidine rings is 1. The molecule has 4 N–H and O–H groups in total. The predicted octanol–water partition coefficient (Wildman–Crippen LogP) is 4.35. The molecule has 0 spiro atoms. The van der Waals surface area contributed by atoms with E-state index < -0.39 is 17.2 Å². The van der Waals surface area contributed by atoms with E-state index in [9.17, 15) is 19.0 Å². The van der Waals surface area contributed by atoms with Crippen molar-refractivity contribution in [3.8, 4) is 40.0 Å². The molecule has 9 heteroatoms. The van der Waals surface area contributed by atoms with Crippen LogP contribution in [0.2, 0.25) is 0 Å². The summed E-state index contributed by atoms with van der Waals surface area (Å²) in [5.41, 5.74) is 5.84. The highest BCUT2D eigenvalue weighted by Gasteiger charge is 2.23. The number of anilines is 1. The van der Waals surface area contributed by atoms with Gasteiger partial charge in [-0.15, -0.1) is 0 Å². The molecule has 1 aliphatic heterocycles. The van der Waals surface area contributed by atoms with Gasteiger partial charge in [-0.1, -0.05) is 12.1 Å². The molecule has 0 amide bonds. The number of aromatic hydroxyl groups is 1. The highest BCUT2D eigenvalue weighted by molar-refractivity contribution is 5.87. The smallest absolute Gasteiger partial charge is 0.165 e. The number of aliphatic hydroxyl groups is 1. The summed E-state index contributed by atoms with van der Waals surface area (Å²) in [4.78, 5) is 6.73. The van der Waals surface area contributed by atoms with E-state index in [1.165, 1.54) is 30.3 Å². The molecule has 7 nitrogen and oxygen atoms in total. The topological polar surface area (TPSA) is 116 Å². The number of nitriles is 1. The molecule has 4 rings (SSSR count). The molecule has 1 aromatic heterocycles. The summed E-state index contributed by atoms with van der Waals surface area (Å²) in [5, 5.41) is 30.1. The molecule has 0 bridgehead atoms. The molecule has 2 aromatic carbocycles. The van der Waals surface area contributed by atoms with Gasteiger partial charge in [0.2, 0.25) is 0 Å². The summed E-state index contributed by atoms with van der Waals surface area (Å²) in [7, 11) is 0. The van der Waals surface area contributed by atoms with Crippen LogP contribution in [-0.2, 0) is 0 Å². The van der Waals surface area contributed by atoms with Gasteiger partial charge in [0, 0.05) is 30.8 Å². The molecule has 1 fully saturated rings. The minimum Gasteiger partial charge on any atom is -0.507 e. The summed E-state index contributed by atoms with van der Waals surface area (Å²) in [6.07, 6.45) is 1.53. The van der Waals surface area contributed by atoms with Gasteiger partial charge in [-0.05, 0) is 56.5 Å². The Morgan fingerprint density at radius 3 is 2.39 bits per heavy atom. The molecular formula is C27H28F2N4O3. The lowest BCUT2D eigenvalue weighted by Gasteiger charge is -2.31. The lowest BCUT2D eigenvalue weighted by Crippen LogP contribution is -2.40. The zero-order valence-corrected chi connectivity index (χ0v) is 20.1. The third-order valence-electron chi connectivity index (χ3n) is 6.01. The number of rotatable bonds is 6. The summed E-state index contributed by atoms with van der Waals surface area (Å²) in [6, 6.07) is 11.6. The van der Waals surface area contributed by atoms with Gasteiger partial charge in [-0.3, -0.25) is 0 Å². The minimum absolute atomic E-state index is 0.0550. The average molecular weight is 495 g/mol. The van der Waals surface area contributed by atoms with Crippen LogP contribution in [0.1, 0.15) is 32.3 Å². The lowest BCUT2D eigenvalue weighted by molar-refractivity contribution is 0.0272. The molecule has 0 aliphatic carbocycles. The zero-order valence-electron chi connectivity index (χ0n) is 20.1. The van der Waals surface area contributed by atoms with E-state index in [-0.39, 0.29) is 41.0 Å². The fourth-order valence-electron chi connectivity index (χ4n) is 4.08. The molecule has 36 heavy (non-hydrogen) atoms. The van der Waals surface area contributed by atoms with Crippen molar-refractivity contribution in [3.05, 3.63) is 59.7 Å². The van der Waals surface area contributed by atoms with E-state index in [0.717, 1.165) is 12.8 Å². The standard InChI is InChI=1S/C27H28F2N4O3/c1-27(2,35)15-36-23-6-5-16(11-21(23)29)25-22(34)13-24(33-9-7-19(31)8-10-33)32-26(25)17-3-4-18(14-30)20(28)12-17/h3-6,11-13,19,35H,7-10,15,31H2,1-2H3,(H,32,34). The molecular weight excluding hydrogens is 466 g/mol. The number of nitrogens with zero attached hydrogens (tertiary/aromatic N) is 3. The number of ether oxygens (including phenoxy) is 1. The minimum atomic E-state index is -1.14. The first-order chi connectivity index (χ1) is 17.1. The predicted molar refractivity (Wildman–Crippen MR) is 133 cm³/mol. The largest absolute Gasteiger partial charge is 0.507 e. The second-order valence-electron chi connectivity index (χ2n) is 9.60. The first kappa shape index (κ1) is 25.4. The van der Waals surface area contributed by atoms with E-state index >= 15 is 0 Å². The molecule has 188 valence electrons. The number of pyridine rings is 1. The summed E-state index contributed by atoms with van der Waals surface area (Å²) in [5.74, 6) is -1.13. The Morgan fingerprint density at radius 1 is 1.11 bits per heavy atom. The number of nitrogens with two attached hydrogens (primary N) is 1. The third-order valence-corrected chi connectivity index (χ3v) is 6.01. The Bertz CT molecular complexity index is 1310. The van der Waals surface area contributed by atoms with Crippen LogP contribution in [0.5, 0.6) is 11.5 Å². The van der Waals surface area contributed by atoms with Gasteiger partial charge in [-0.25, -0.2) is 13.8 Å². The number of benzene rings is 2. The van der Waals surface area contributed by atoms with E-state index in [1.54, 1.807) is 32.0 Å². The Labute approximate surface area is 208 Å². The van der Waals surface area contributed by atoms with Crippen LogP contribution in [0.25, 0.3) is 22.4 Å². The summed E-state index contributed by atoms with van der Waals surface area (Å²) >= 11 is 0. The third kappa shape index (κ3) is 5.56. The van der Waals surface area contributed by atoms with Crippen LogP contribution < -0.4 is 15.4 Å². The quantitative estimate of drug-likeness (QED) is 0.467. The SMILES string of the molecule is CC(C)(O)COc1ccc(-c2c(O)cc(N3CCC(N)CC3)nc2-c2ccc(C#N)c(F)c2)cc1F. The first-order valence-electron chi connectivity index (χ1n) is 11.7. The van der Waals surface area contributed by atoms with E-state index in [1.807, 2.05) is 4.90 Å². The van der Waals surface area contributed by atoms with Crippen molar-refractivity contribution in [2.45, 2.75) is 38.3 Å². The maximum absolute atomic E-state index is 14.9. The fourth-order valence-corrected chi connectivity index (χ4v) is 4.08. The van der Waals surface area contributed by atoms with Crippen molar-refractivity contribution in [2.75, 3.05) is 24.6 Å². The molecule has 3 aromatic rings. The van der Waals surface area contributed by atoms with Crippen LogP contribution in [-0.4, -0.2) is 46.5 Å². The fraction of sp³-hybridized carbons (Fsp3) is 0.333. The van der Waals surface area contributed by atoms with E-state index in [2.05, 4.69) is 0 Å². The lowest BCUT2D eigenvalue weighted by atomic mass is 9.96. The number of hydrogen-bond acceptors (Lipinski definition) is 7. The molecule has 0 radical (unpaired) electrons. The van der Waals surface area contributed by atoms with E-state index in [0.29, 0.717) is 30.0 Å².